The summed E-state index contributed by atoms with van der Waals surface area (Å²) in [4.78, 5) is 23.8. The standard InChI is InChI=1S/C24H33N3O3Si.C21H27BrN2O2Si/c1-18-25-23-21(27(18)17-29-12-13-31(4,5)6)14-20(24(28)26(2)3)15-22(23)30-16-19-10-8-7-9-11-19;1-16-23-21-19(24(16)15-25-10-11-27(2,3)4)12-18(22)13-20(21)26-14-17-8-6-5-7-9-17/h7-11,14-15H,12-13,16-17H2,1-6H3;5-9,12-13H,10-11,14-15H2,1-4H3. The van der Waals surface area contributed by atoms with Crippen LogP contribution in [-0.4, -0.2) is 73.4 Å². The van der Waals surface area contributed by atoms with Crippen molar-refractivity contribution >= 4 is 60.1 Å². The number of ether oxygens (including phenoxy) is 4. The number of fused-ring (bicyclic) bond motifs is 2. The van der Waals surface area contributed by atoms with E-state index in [4.69, 9.17) is 28.9 Å². The number of aromatic nitrogens is 4. The monoisotopic (exact) mass is 885 g/mol. The molecule has 6 aromatic rings. The molecule has 4 aromatic carbocycles. The molecule has 58 heavy (non-hydrogen) atoms. The molecule has 0 spiro atoms. The minimum absolute atomic E-state index is 0.0727. The highest BCUT2D eigenvalue weighted by molar-refractivity contribution is 9.10. The summed E-state index contributed by atoms with van der Waals surface area (Å²) >= 11 is 3.60. The van der Waals surface area contributed by atoms with E-state index in [9.17, 15) is 4.79 Å². The van der Waals surface area contributed by atoms with Crippen LogP contribution in [0, 0.1) is 13.8 Å². The van der Waals surface area contributed by atoms with Gasteiger partial charge in [0.15, 0.2) is 0 Å². The number of aryl methyl sites for hydroxylation is 2. The van der Waals surface area contributed by atoms with Crippen LogP contribution in [0.2, 0.25) is 51.4 Å². The van der Waals surface area contributed by atoms with E-state index in [1.54, 1.807) is 25.1 Å². The molecule has 0 aliphatic heterocycles. The van der Waals surface area contributed by atoms with E-state index < -0.39 is 16.1 Å². The molecule has 6 rings (SSSR count). The van der Waals surface area contributed by atoms with Crippen molar-refractivity contribution in [3.8, 4) is 11.5 Å². The van der Waals surface area contributed by atoms with Crippen molar-refractivity contribution in [3.63, 3.8) is 0 Å². The van der Waals surface area contributed by atoms with E-state index in [1.165, 1.54) is 0 Å². The average molecular weight is 887 g/mol. The quantitative estimate of drug-likeness (QED) is 0.0665. The first-order chi connectivity index (χ1) is 27.5. The smallest absolute Gasteiger partial charge is 0.253 e. The van der Waals surface area contributed by atoms with E-state index >= 15 is 0 Å². The number of rotatable bonds is 17. The van der Waals surface area contributed by atoms with Gasteiger partial charge in [-0.25, -0.2) is 9.97 Å². The third-order valence-corrected chi connectivity index (χ3v) is 13.4. The van der Waals surface area contributed by atoms with Crippen LogP contribution >= 0.6 is 15.9 Å². The SMILES string of the molecule is Cc1nc2c(OCc3ccccc3)cc(Br)cc2n1COCC[Si](C)(C)C.Cc1nc2c(OCc3ccccc3)cc(C(=O)N(C)C)cc2n1COCC[Si](C)(C)C. The molecule has 1 amide bonds. The summed E-state index contributed by atoms with van der Waals surface area (Å²) in [5.74, 6) is 3.09. The highest BCUT2D eigenvalue weighted by Gasteiger charge is 2.20. The molecule has 0 unspecified atom stereocenters. The average Bonchev–Trinajstić information content (AvgIpc) is 3.67. The van der Waals surface area contributed by atoms with Gasteiger partial charge in [-0.3, -0.25) is 4.79 Å². The van der Waals surface area contributed by atoms with Gasteiger partial charge in [0.1, 0.15) is 60.9 Å². The molecule has 0 aliphatic rings. The first kappa shape index (κ1) is 44.8. The zero-order valence-corrected chi connectivity index (χ0v) is 39.5. The molecule has 310 valence electrons. The van der Waals surface area contributed by atoms with Gasteiger partial charge < -0.3 is 33.0 Å². The number of imidazole rings is 2. The third kappa shape index (κ3) is 12.9. The van der Waals surface area contributed by atoms with Crippen LogP contribution in [0.1, 0.15) is 33.1 Å². The number of hydrogen-bond donors (Lipinski definition) is 0. The molecule has 2 heterocycles. The minimum atomic E-state index is -1.16. The number of benzene rings is 4. The van der Waals surface area contributed by atoms with Crippen LogP contribution in [-0.2, 0) is 36.1 Å². The van der Waals surface area contributed by atoms with Gasteiger partial charge in [0.2, 0.25) is 0 Å². The summed E-state index contributed by atoms with van der Waals surface area (Å²) in [7, 11) is 1.26. The van der Waals surface area contributed by atoms with E-state index in [2.05, 4.69) is 78.0 Å². The largest absolute Gasteiger partial charge is 0.487 e. The number of hydrogen-bond acceptors (Lipinski definition) is 7. The number of carbonyl (C=O) groups is 1. The molecule has 2 aromatic heterocycles. The maximum atomic E-state index is 12.7. The molecule has 0 aliphatic carbocycles. The highest BCUT2D eigenvalue weighted by Crippen LogP contribution is 2.32. The van der Waals surface area contributed by atoms with E-state index in [-0.39, 0.29) is 5.91 Å². The highest BCUT2D eigenvalue weighted by atomic mass is 79.9. The van der Waals surface area contributed by atoms with Crippen LogP contribution < -0.4 is 9.47 Å². The van der Waals surface area contributed by atoms with Gasteiger partial charge in [0.05, 0.1) is 11.0 Å². The molecule has 0 N–H and O–H groups in total. The van der Waals surface area contributed by atoms with Crippen molar-refractivity contribution in [1.82, 2.24) is 24.0 Å². The van der Waals surface area contributed by atoms with Gasteiger partial charge in [-0.2, -0.15) is 0 Å². The lowest BCUT2D eigenvalue weighted by Crippen LogP contribution is -2.22. The van der Waals surface area contributed by atoms with E-state index in [0.717, 1.165) is 80.4 Å². The first-order valence-corrected chi connectivity index (χ1v) is 28.1. The summed E-state index contributed by atoms with van der Waals surface area (Å²) < 4.78 is 29.3. The van der Waals surface area contributed by atoms with Crippen LogP contribution in [0.3, 0.4) is 0 Å². The Labute approximate surface area is 354 Å². The fourth-order valence-corrected chi connectivity index (χ4v) is 7.99. The van der Waals surface area contributed by atoms with Crippen LogP contribution in [0.15, 0.2) is 89.4 Å². The molecular formula is C45H60BrN5O5Si2. The molecule has 0 fully saturated rings. The topological polar surface area (TPSA) is 92.9 Å². The second-order valence-electron chi connectivity index (χ2n) is 17.2. The molecule has 0 saturated carbocycles. The van der Waals surface area contributed by atoms with Crippen molar-refractivity contribution in [1.29, 1.82) is 0 Å². The third-order valence-electron chi connectivity index (χ3n) is 9.55. The number of carbonyl (C=O) groups excluding carboxylic acids is 1. The molecule has 10 nitrogen and oxygen atoms in total. The summed E-state index contributed by atoms with van der Waals surface area (Å²) in [5, 5.41) is 0. The number of halogens is 1. The molecule has 0 saturated heterocycles. The van der Waals surface area contributed by atoms with Crippen molar-refractivity contribution in [2.45, 2.75) is 91.9 Å². The van der Waals surface area contributed by atoms with Gasteiger partial charge >= 0.3 is 0 Å². The predicted octanol–water partition coefficient (Wildman–Crippen LogP) is 10.9. The van der Waals surface area contributed by atoms with Crippen LogP contribution in [0.5, 0.6) is 11.5 Å². The van der Waals surface area contributed by atoms with E-state index in [1.807, 2.05) is 79.1 Å². The Morgan fingerprint density at radius 1 is 0.655 bits per heavy atom. The van der Waals surface area contributed by atoms with Crippen LogP contribution in [0.25, 0.3) is 22.1 Å². The van der Waals surface area contributed by atoms with Gasteiger partial charge in [-0.05, 0) is 61.3 Å². The van der Waals surface area contributed by atoms with Crippen LogP contribution in [0.4, 0.5) is 0 Å². The second kappa shape index (κ2) is 20.1. The Balaban J connectivity index is 0.000000223. The molecule has 0 bridgehead atoms. The zero-order valence-electron chi connectivity index (χ0n) is 35.9. The minimum Gasteiger partial charge on any atom is -0.487 e. The molecule has 13 heteroatoms. The summed E-state index contributed by atoms with van der Waals surface area (Å²) in [6, 6.07) is 30.1. The lowest BCUT2D eigenvalue weighted by Gasteiger charge is -2.16. The first-order valence-electron chi connectivity index (χ1n) is 19.9. The zero-order chi connectivity index (χ0) is 42.0. The number of nitrogens with zero attached hydrogens (tertiary/aromatic N) is 5. The Morgan fingerprint density at radius 3 is 1.52 bits per heavy atom. The van der Waals surface area contributed by atoms with Crippen molar-refractivity contribution < 1.29 is 23.7 Å². The fourth-order valence-electron chi connectivity index (χ4n) is 6.05. The second-order valence-corrected chi connectivity index (χ2v) is 29.4. The van der Waals surface area contributed by atoms with Gasteiger partial charge in [-0.15, -0.1) is 0 Å². The lowest BCUT2D eigenvalue weighted by atomic mass is 10.1. The maximum Gasteiger partial charge on any atom is 0.253 e. The summed E-state index contributed by atoms with van der Waals surface area (Å²) in [5.41, 5.74) is 6.27. The van der Waals surface area contributed by atoms with Crippen molar-refractivity contribution in [2.24, 2.45) is 0 Å². The van der Waals surface area contributed by atoms with Gasteiger partial charge in [0, 0.05) is 53.5 Å². The molecule has 0 atom stereocenters. The van der Waals surface area contributed by atoms with Crippen molar-refractivity contribution in [3.05, 3.63) is 118 Å². The predicted molar refractivity (Wildman–Crippen MR) is 244 cm³/mol. The fraction of sp³-hybridized carbons (Fsp3) is 0.400. The summed E-state index contributed by atoms with van der Waals surface area (Å²) in [6.45, 7) is 21.4. The van der Waals surface area contributed by atoms with Crippen molar-refractivity contribution in [2.75, 3.05) is 27.3 Å². The van der Waals surface area contributed by atoms with E-state index in [0.29, 0.717) is 38.0 Å². The van der Waals surface area contributed by atoms with Gasteiger partial charge in [-0.1, -0.05) is 116 Å². The molecular weight excluding hydrogens is 827 g/mol. The Hall–Kier alpha value is -4.28. The summed E-state index contributed by atoms with van der Waals surface area (Å²) in [6.07, 6.45) is 0. The maximum absolute atomic E-state index is 12.7. The number of amides is 1. The Bertz CT molecular complexity index is 2270. The molecule has 0 radical (unpaired) electrons. The normalized spacial score (nSPS) is 11.8. The van der Waals surface area contributed by atoms with Gasteiger partial charge in [0.25, 0.3) is 5.91 Å². The Kier molecular flexibility index (Phi) is 15.6. The lowest BCUT2D eigenvalue weighted by molar-refractivity contribution is 0.0825. The Morgan fingerprint density at radius 2 is 1.09 bits per heavy atom.